The van der Waals surface area contributed by atoms with Crippen molar-refractivity contribution in [1.29, 1.82) is 0 Å². The molecule has 0 radical (unpaired) electrons. The van der Waals surface area contributed by atoms with Gasteiger partial charge in [-0.25, -0.2) is 0 Å². The molecule has 2 aromatic rings. The third-order valence-electron chi connectivity index (χ3n) is 10.6. The average molecular weight is 574 g/mol. The van der Waals surface area contributed by atoms with Gasteiger partial charge in [-0.15, -0.1) is 0 Å². The second-order valence-corrected chi connectivity index (χ2v) is 14.1. The smallest absolute Gasteiger partial charge is 0.0659 e. The second-order valence-electron chi connectivity index (χ2n) is 14.1. The first-order chi connectivity index (χ1) is 20.3. The molecule has 7 rings (SSSR count). The molecule has 3 heterocycles. The normalized spacial score (nSPS) is 26.5. The number of fused-ring (bicyclic) bond motifs is 2. The highest BCUT2D eigenvalue weighted by Crippen LogP contribution is 2.55. The summed E-state index contributed by atoms with van der Waals surface area (Å²) in [6, 6.07) is 6.94. The van der Waals surface area contributed by atoms with Gasteiger partial charge in [-0.05, 0) is 139 Å². The summed E-state index contributed by atoms with van der Waals surface area (Å²) in [6.07, 6.45) is 18.0. The Morgan fingerprint density at radius 2 is 1.52 bits per heavy atom. The van der Waals surface area contributed by atoms with Crippen molar-refractivity contribution in [3.63, 3.8) is 0 Å². The van der Waals surface area contributed by atoms with Crippen molar-refractivity contribution in [2.45, 2.75) is 143 Å². The van der Waals surface area contributed by atoms with E-state index in [9.17, 15) is 0 Å². The van der Waals surface area contributed by atoms with Crippen LogP contribution in [0, 0.1) is 31.6 Å². The number of nitrogens with zero attached hydrogens (tertiary/aromatic N) is 3. The average Bonchev–Trinajstić information content (AvgIpc) is 3.32. The zero-order valence-corrected chi connectivity index (χ0v) is 28.5. The Labute approximate surface area is 259 Å². The van der Waals surface area contributed by atoms with E-state index in [0.717, 1.165) is 42.6 Å². The Morgan fingerprint density at radius 1 is 0.857 bits per heavy atom. The Kier molecular flexibility index (Phi) is 12.4. The lowest BCUT2D eigenvalue weighted by Gasteiger charge is -2.24. The number of allylic oxidation sites excluding steroid dienone is 1. The van der Waals surface area contributed by atoms with Gasteiger partial charge < -0.3 is 4.90 Å². The molecule has 0 spiro atoms. The Hall–Kier alpha value is -1.87. The van der Waals surface area contributed by atoms with E-state index in [1.54, 1.807) is 11.3 Å². The maximum Gasteiger partial charge on any atom is 0.0659 e. The van der Waals surface area contributed by atoms with Gasteiger partial charge in [0.15, 0.2) is 0 Å². The summed E-state index contributed by atoms with van der Waals surface area (Å²) >= 11 is 0. The van der Waals surface area contributed by atoms with Crippen LogP contribution in [0.3, 0.4) is 0 Å². The van der Waals surface area contributed by atoms with Gasteiger partial charge in [0.1, 0.15) is 0 Å². The number of likely N-dealkylation sites (N-methyl/N-ethyl adjacent to an activating group) is 1. The molecule has 2 aliphatic heterocycles. The molecule has 5 aliphatic rings. The van der Waals surface area contributed by atoms with E-state index in [1.807, 2.05) is 13.8 Å². The summed E-state index contributed by atoms with van der Waals surface area (Å²) in [5.41, 5.74) is 10.4. The quantitative estimate of drug-likeness (QED) is 0.339. The van der Waals surface area contributed by atoms with Crippen LogP contribution in [-0.2, 0) is 19.4 Å². The molecule has 3 atom stereocenters. The van der Waals surface area contributed by atoms with Crippen molar-refractivity contribution in [3.05, 3.63) is 64.0 Å². The van der Waals surface area contributed by atoms with Gasteiger partial charge >= 0.3 is 0 Å². The van der Waals surface area contributed by atoms with E-state index in [1.165, 1.54) is 118 Å². The molecule has 1 saturated heterocycles. The van der Waals surface area contributed by atoms with Crippen molar-refractivity contribution < 1.29 is 0 Å². The van der Waals surface area contributed by atoms with E-state index in [-0.39, 0.29) is 0 Å². The van der Waals surface area contributed by atoms with Crippen LogP contribution in [0.2, 0.25) is 0 Å². The molecule has 1 aromatic heterocycles. The van der Waals surface area contributed by atoms with Crippen LogP contribution >= 0.6 is 0 Å². The molecule has 0 N–H and O–H groups in total. The first kappa shape index (κ1) is 33.0. The number of benzene rings is 1. The molecule has 1 aromatic carbocycles. The summed E-state index contributed by atoms with van der Waals surface area (Å²) in [5, 5.41) is 4.86. The third kappa shape index (κ3) is 8.61. The molecule has 3 heteroatoms. The van der Waals surface area contributed by atoms with Gasteiger partial charge in [0, 0.05) is 18.8 Å². The van der Waals surface area contributed by atoms with Crippen molar-refractivity contribution in [2.75, 3.05) is 20.1 Å². The first-order valence-electron chi connectivity index (χ1n) is 17.8. The maximum atomic E-state index is 4.86. The van der Waals surface area contributed by atoms with Crippen LogP contribution in [0.15, 0.2) is 30.4 Å². The lowest BCUT2D eigenvalue weighted by Crippen LogP contribution is -2.14. The Morgan fingerprint density at radius 3 is 2.07 bits per heavy atom. The molecule has 234 valence electrons. The molecule has 4 fully saturated rings. The Balaban J connectivity index is 0.000000146. The molecular formula is C39H63N3. The predicted molar refractivity (Wildman–Crippen MR) is 182 cm³/mol. The summed E-state index contributed by atoms with van der Waals surface area (Å²) < 4.78 is 2.33. The van der Waals surface area contributed by atoms with E-state index in [4.69, 9.17) is 5.10 Å². The van der Waals surface area contributed by atoms with Crippen LogP contribution in [0.4, 0.5) is 0 Å². The van der Waals surface area contributed by atoms with Crippen LogP contribution in [0.1, 0.15) is 144 Å². The Bertz CT molecular complexity index is 1110. The predicted octanol–water partition coefficient (Wildman–Crippen LogP) is 10.2. The van der Waals surface area contributed by atoms with Gasteiger partial charge in [0.05, 0.1) is 5.69 Å². The minimum absolute atomic E-state index is 0.763. The monoisotopic (exact) mass is 574 g/mol. The molecule has 3 aliphatic carbocycles. The standard InChI is InChI=1S/C15H24N2.C13H19N.C9H14.C2H6/c1-2-13-15(12-8-4-3-5-9-12)14-10-6-7-11-17(14)16-13;1-10-6-11(2)8-13(7-10)12-4-5-14(3)9-12;1-6(2)7-3-8-5-9(8)4-7;1-2/h12H,2-11H2,1H3;6-8,12H,4-5,9H2,1-3H3;7-9H,1,3-5H2,2H3;1-2H3. The number of aryl methyl sites for hydroxylation is 4. The third-order valence-corrected chi connectivity index (χ3v) is 10.6. The van der Waals surface area contributed by atoms with Crippen molar-refractivity contribution in [3.8, 4) is 0 Å². The topological polar surface area (TPSA) is 21.1 Å². The summed E-state index contributed by atoms with van der Waals surface area (Å²) in [4.78, 5) is 2.42. The number of rotatable bonds is 4. The van der Waals surface area contributed by atoms with E-state index in [2.05, 4.69) is 69.1 Å². The fraction of sp³-hybridized carbons (Fsp3) is 0.718. The molecule has 3 nitrogen and oxygen atoms in total. The zero-order chi connectivity index (χ0) is 30.2. The summed E-state index contributed by atoms with van der Waals surface area (Å²) in [7, 11) is 2.21. The number of aromatic nitrogens is 2. The number of likely N-dealkylation sites (tertiary alicyclic amines) is 1. The van der Waals surface area contributed by atoms with Crippen molar-refractivity contribution >= 4 is 0 Å². The molecular weight excluding hydrogens is 510 g/mol. The number of hydrogen-bond donors (Lipinski definition) is 0. The zero-order valence-electron chi connectivity index (χ0n) is 28.5. The van der Waals surface area contributed by atoms with E-state index in [0.29, 0.717) is 0 Å². The van der Waals surface area contributed by atoms with Crippen molar-refractivity contribution in [1.82, 2.24) is 14.7 Å². The second kappa shape index (κ2) is 15.7. The minimum Gasteiger partial charge on any atom is -0.306 e. The van der Waals surface area contributed by atoms with Crippen LogP contribution in [0.25, 0.3) is 0 Å². The fourth-order valence-electron chi connectivity index (χ4n) is 8.26. The highest BCUT2D eigenvalue weighted by molar-refractivity contribution is 5.32. The van der Waals surface area contributed by atoms with Gasteiger partial charge in [-0.2, -0.15) is 5.10 Å². The lowest BCUT2D eigenvalue weighted by atomic mass is 9.81. The first-order valence-corrected chi connectivity index (χ1v) is 17.8. The number of hydrogen-bond acceptors (Lipinski definition) is 2. The van der Waals surface area contributed by atoms with Crippen LogP contribution in [-0.4, -0.2) is 34.8 Å². The largest absolute Gasteiger partial charge is 0.306 e. The molecule has 42 heavy (non-hydrogen) atoms. The summed E-state index contributed by atoms with van der Waals surface area (Å²) in [5.74, 6) is 4.73. The highest BCUT2D eigenvalue weighted by atomic mass is 15.3. The SMILES string of the molecule is C=C(C)C1CC2CC2C1.CC.CCc1nn2c(c1C1CCCCC1)CCCC2.Cc1cc(C)cc(C2CCN(C)C2)c1. The van der Waals surface area contributed by atoms with E-state index >= 15 is 0 Å². The minimum atomic E-state index is 0.763. The van der Waals surface area contributed by atoms with Crippen molar-refractivity contribution in [2.24, 2.45) is 17.8 Å². The molecule has 0 bridgehead atoms. The van der Waals surface area contributed by atoms with Gasteiger partial charge in [-0.1, -0.05) is 81.5 Å². The van der Waals surface area contributed by atoms with Crippen LogP contribution in [0.5, 0.6) is 0 Å². The molecule has 0 amide bonds. The van der Waals surface area contributed by atoms with Gasteiger partial charge in [0.2, 0.25) is 0 Å². The fourth-order valence-corrected chi connectivity index (χ4v) is 8.26. The molecule has 3 saturated carbocycles. The van der Waals surface area contributed by atoms with E-state index < -0.39 is 0 Å². The van der Waals surface area contributed by atoms with Gasteiger partial charge in [-0.3, -0.25) is 4.68 Å². The summed E-state index contributed by atoms with van der Waals surface area (Å²) in [6.45, 7) is 20.4. The highest BCUT2D eigenvalue weighted by Gasteiger charge is 2.45. The van der Waals surface area contributed by atoms with Gasteiger partial charge in [0.25, 0.3) is 0 Å². The van der Waals surface area contributed by atoms with Crippen LogP contribution < -0.4 is 0 Å². The lowest BCUT2D eigenvalue weighted by molar-refractivity contribution is 0.411. The molecule has 3 unspecified atom stereocenters. The maximum absolute atomic E-state index is 4.86.